The molecular formula is C16H13ClFN5O2. The SMILES string of the molecule is COc1cccc(-c2nnn(CC(=O)Nc3cc(Cl)ccc3F)n2)c1. The molecule has 25 heavy (non-hydrogen) atoms. The molecule has 0 saturated carbocycles. The summed E-state index contributed by atoms with van der Waals surface area (Å²) in [7, 11) is 1.56. The Bertz CT molecular complexity index is 915. The summed E-state index contributed by atoms with van der Waals surface area (Å²) in [6, 6.07) is 11.0. The third-order valence-corrected chi connectivity index (χ3v) is 3.50. The van der Waals surface area contributed by atoms with Crippen LogP contribution in [0, 0.1) is 5.82 Å². The number of halogens is 2. The van der Waals surface area contributed by atoms with Gasteiger partial charge in [0.1, 0.15) is 18.1 Å². The molecule has 3 aromatic rings. The van der Waals surface area contributed by atoms with E-state index in [2.05, 4.69) is 20.7 Å². The van der Waals surface area contributed by atoms with E-state index in [-0.39, 0.29) is 12.2 Å². The summed E-state index contributed by atoms with van der Waals surface area (Å²) < 4.78 is 18.8. The summed E-state index contributed by atoms with van der Waals surface area (Å²) in [6.07, 6.45) is 0. The summed E-state index contributed by atoms with van der Waals surface area (Å²) in [5.41, 5.74) is 0.692. The van der Waals surface area contributed by atoms with Crippen LogP contribution in [0.2, 0.25) is 5.02 Å². The van der Waals surface area contributed by atoms with E-state index in [1.165, 1.54) is 18.2 Å². The molecule has 0 unspecified atom stereocenters. The van der Waals surface area contributed by atoms with E-state index in [4.69, 9.17) is 16.3 Å². The molecule has 128 valence electrons. The number of nitrogens with one attached hydrogen (secondary N) is 1. The Kier molecular flexibility index (Phi) is 4.90. The van der Waals surface area contributed by atoms with Crippen LogP contribution < -0.4 is 10.1 Å². The van der Waals surface area contributed by atoms with Crippen LogP contribution in [0.15, 0.2) is 42.5 Å². The maximum absolute atomic E-state index is 13.6. The van der Waals surface area contributed by atoms with Crippen molar-refractivity contribution >= 4 is 23.2 Å². The molecule has 0 bridgehead atoms. The van der Waals surface area contributed by atoms with Crippen molar-refractivity contribution in [1.29, 1.82) is 0 Å². The zero-order valence-corrected chi connectivity index (χ0v) is 13.9. The molecule has 0 aliphatic carbocycles. The minimum atomic E-state index is -0.582. The second-order valence-corrected chi connectivity index (χ2v) is 5.48. The van der Waals surface area contributed by atoms with E-state index >= 15 is 0 Å². The van der Waals surface area contributed by atoms with Crippen molar-refractivity contribution in [2.75, 3.05) is 12.4 Å². The van der Waals surface area contributed by atoms with Crippen LogP contribution in [0.5, 0.6) is 5.75 Å². The van der Waals surface area contributed by atoms with Crippen molar-refractivity contribution in [3.8, 4) is 17.1 Å². The highest BCUT2D eigenvalue weighted by atomic mass is 35.5. The normalized spacial score (nSPS) is 10.5. The molecular weight excluding hydrogens is 349 g/mol. The fraction of sp³-hybridized carbons (Fsp3) is 0.125. The number of benzene rings is 2. The number of tetrazole rings is 1. The van der Waals surface area contributed by atoms with Crippen LogP contribution in [-0.4, -0.2) is 33.2 Å². The summed E-state index contributed by atoms with van der Waals surface area (Å²) in [5.74, 6) is -0.0826. The summed E-state index contributed by atoms with van der Waals surface area (Å²) in [4.78, 5) is 13.1. The maximum atomic E-state index is 13.6. The molecule has 2 aromatic carbocycles. The van der Waals surface area contributed by atoms with Crippen LogP contribution in [0.4, 0.5) is 10.1 Å². The first kappa shape index (κ1) is 16.8. The zero-order valence-electron chi connectivity index (χ0n) is 13.1. The number of anilines is 1. The van der Waals surface area contributed by atoms with Crippen LogP contribution in [0.3, 0.4) is 0 Å². The van der Waals surface area contributed by atoms with Crippen LogP contribution >= 0.6 is 11.6 Å². The number of carbonyl (C=O) groups is 1. The van der Waals surface area contributed by atoms with E-state index in [1.54, 1.807) is 31.4 Å². The first-order chi connectivity index (χ1) is 12.0. The van der Waals surface area contributed by atoms with E-state index in [0.29, 0.717) is 22.2 Å². The number of hydrogen-bond donors (Lipinski definition) is 1. The lowest BCUT2D eigenvalue weighted by Crippen LogP contribution is -2.21. The molecule has 1 amide bonds. The Hall–Kier alpha value is -3.00. The first-order valence-electron chi connectivity index (χ1n) is 7.22. The van der Waals surface area contributed by atoms with Crippen LogP contribution in [-0.2, 0) is 11.3 Å². The Labute approximate surface area is 147 Å². The van der Waals surface area contributed by atoms with Crippen molar-refractivity contribution in [2.24, 2.45) is 0 Å². The number of nitrogens with zero attached hydrogens (tertiary/aromatic N) is 4. The average molecular weight is 362 g/mol. The van der Waals surface area contributed by atoms with Gasteiger partial charge in [-0.3, -0.25) is 4.79 Å². The number of hydrogen-bond acceptors (Lipinski definition) is 5. The Morgan fingerprint density at radius 2 is 2.16 bits per heavy atom. The lowest BCUT2D eigenvalue weighted by atomic mass is 10.2. The number of rotatable bonds is 5. The van der Waals surface area contributed by atoms with Gasteiger partial charge in [0.25, 0.3) is 0 Å². The predicted molar refractivity (Wildman–Crippen MR) is 89.8 cm³/mol. The fourth-order valence-electron chi connectivity index (χ4n) is 2.10. The standard InChI is InChI=1S/C16H13ClFN5O2/c1-25-12-4-2-3-10(7-12)16-20-22-23(21-16)9-15(24)19-14-8-11(17)5-6-13(14)18/h2-8H,9H2,1H3,(H,19,24). The van der Waals surface area contributed by atoms with Gasteiger partial charge in [-0.1, -0.05) is 23.7 Å². The van der Waals surface area contributed by atoms with Crippen molar-refractivity contribution in [3.05, 3.63) is 53.3 Å². The van der Waals surface area contributed by atoms with Gasteiger partial charge in [0, 0.05) is 10.6 Å². The van der Waals surface area contributed by atoms with Crippen molar-refractivity contribution in [1.82, 2.24) is 20.2 Å². The summed E-state index contributed by atoms with van der Waals surface area (Å²) >= 11 is 5.79. The quantitative estimate of drug-likeness (QED) is 0.755. The lowest BCUT2D eigenvalue weighted by Gasteiger charge is -2.06. The third-order valence-electron chi connectivity index (χ3n) is 3.27. The fourth-order valence-corrected chi connectivity index (χ4v) is 2.27. The Morgan fingerprint density at radius 3 is 2.96 bits per heavy atom. The van der Waals surface area contributed by atoms with Crippen molar-refractivity contribution in [3.63, 3.8) is 0 Å². The van der Waals surface area contributed by atoms with E-state index in [0.717, 1.165) is 4.80 Å². The van der Waals surface area contributed by atoms with E-state index < -0.39 is 11.7 Å². The molecule has 1 aromatic heterocycles. The smallest absolute Gasteiger partial charge is 0.248 e. The molecule has 0 radical (unpaired) electrons. The molecule has 0 aliphatic rings. The van der Waals surface area contributed by atoms with Crippen LogP contribution in [0.25, 0.3) is 11.4 Å². The molecule has 0 fully saturated rings. The van der Waals surface area contributed by atoms with E-state index in [9.17, 15) is 9.18 Å². The maximum Gasteiger partial charge on any atom is 0.248 e. The number of ether oxygens (including phenoxy) is 1. The highest BCUT2D eigenvalue weighted by Crippen LogP contribution is 2.21. The number of carbonyl (C=O) groups excluding carboxylic acids is 1. The van der Waals surface area contributed by atoms with E-state index in [1.807, 2.05) is 0 Å². The Balaban J connectivity index is 1.70. The third kappa shape index (κ3) is 4.10. The molecule has 7 nitrogen and oxygen atoms in total. The molecule has 1 N–H and O–H groups in total. The van der Waals surface area contributed by atoms with Crippen LogP contribution in [0.1, 0.15) is 0 Å². The lowest BCUT2D eigenvalue weighted by molar-refractivity contribution is -0.117. The largest absolute Gasteiger partial charge is 0.497 e. The molecule has 0 saturated heterocycles. The van der Waals surface area contributed by atoms with Crippen molar-refractivity contribution in [2.45, 2.75) is 6.54 Å². The van der Waals surface area contributed by atoms with Gasteiger partial charge in [0.2, 0.25) is 11.7 Å². The topological polar surface area (TPSA) is 81.9 Å². The molecule has 3 rings (SSSR count). The number of amides is 1. The predicted octanol–water partition coefficient (Wildman–Crippen LogP) is 2.78. The zero-order chi connectivity index (χ0) is 17.8. The Morgan fingerprint density at radius 1 is 1.32 bits per heavy atom. The number of methoxy groups -OCH3 is 1. The van der Waals surface area contributed by atoms with Gasteiger partial charge < -0.3 is 10.1 Å². The summed E-state index contributed by atoms with van der Waals surface area (Å²) in [5, 5.41) is 14.6. The highest BCUT2D eigenvalue weighted by Gasteiger charge is 2.12. The average Bonchev–Trinajstić information content (AvgIpc) is 3.06. The molecule has 1 heterocycles. The monoisotopic (exact) mass is 361 g/mol. The molecule has 0 atom stereocenters. The first-order valence-corrected chi connectivity index (χ1v) is 7.60. The molecule has 0 spiro atoms. The van der Waals surface area contributed by atoms with Gasteiger partial charge in [-0.25, -0.2) is 4.39 Å². The second-order valence-electron chi connectivity index (χ2n) is 5.05. The second kappa shape index (κ2) is 7.27. The summed E-state index contributed by atoms with van der Waals surface area (Å²) in [6.45, 7) is -0.219. The van der Waals surface area contributed by atoms with Gasteiger partial charge in [-0.05, 0) is 35.5 Å². The number of aromatic nitrogens is 4. The minimum absolute atomic E-state index is 0.00867. The molecule has 0 aliphatic heterocycles. The highest BCUT2D eigenvalue weighted by molar-refractivity contribution is 6.30. The molecule has 9 heteroatoms. The van der Waals surface area contributed by atoms with Gasteiger partial charge in [-0.2, -0.15) is 4.80 Å². The van der Waals surface area contributed by atoms with Crippen molar-refractivity contribution < 1.29 is 13.9 Å². The minimum Gasteiger partial charge on any atom is -0.497 e. The van der Waals surface area contributed by atoms with Gasteiger partial charge in [-0.15, -0.1) is 10.2 Å². The van der Waals surface area contributed by atoms with Gasteiger partial charge in [0.05, 0.1) is 12.8 Å². The van der Waals surface area contributed by atoms with Gasteiger partial charge >= 0.3 is 0 Å². The van der Waals surface area contributed by atoms with Gasteiger partial charge in [0.15, 0.2) is 0 Å².